The Bertz CT molecular complexity index is 405. The first-order chi connectivity index (χ1) is 9.10. The van der Waals surface area contributed by atoms with E-state index in [-0.39, 0.29) is 0 Å². The maximum atomic E-state index is 6.19. The van der Waals surface area contributed by atoms with Crippen molar-refractivity contribution in [2.24, 2.45) is 17.6 Å². The van der Waals surface area contributed by atoms with Crippen molar-refractivity contribution < 1.29 is 4.74 Å². The van der Waals surface area contributed by atoms with Gasteiger partial charge in [0.15, 0.2) is 0 Å². The van der Waals surface area contributed by atoms with Gasteiger partial charge < -0.3 is 15.4 Å². The largest absolute Gasteiger partial charge is 0.497 e. The van der Waals surface area contributed by atoms with E-state index >= 15 is 0 Å². The summed E-state index contributed by atoms with van der Waals surface area (Å²) in [7, 11) is 1.72. The molecular weight excluding hydrogens is 236 g/mol. The number of nitrogens with zero attached hydrogens (tertiary/aromatic N) is 1. The Morgan fingerprint density at radius 1 is 1.42 bits per heavy atom. The Kier molecular flexibility index (Phi) is 4.70. The molecule has 1 fully saturated rings. The fraction of sp³-hybridized carbons (Fsp3) is 0.625. The Hall–Kier alpha value is -1.22. The van der Waals surface area contributed by atoms with Crippen LogP contribution >= 0.6 is 0 Å². The van der Waals surface area contributed by atoms with Crippen LogP contribution in [-0.4, -0.2) is 26.2 Å². The van der Waals surface area contributed by atoms with Crippen LogP contribution in [0.3, 0.4) is 0 Å². The van der Waals surface area contributed by atoms with Gasteiger partial charge in [0.05, 0.1) is 7.11 Å². The van der Waals surface area contributed by atoms with E-state index in [1.807, 2.05) is 6.07 Å². The first-order valence-electron chi connectivity index (χ1n) is 7.24. The normalized spacial score (nSPS) is 20.9. The lowest BCUT2D eigenvalue weighted by atomic mass is 9.93. The summed E-state index contributed by atoms with van der Waals surface area (Å²) >= 11 is 0. The fourth-order valence-electron chi connectivity index (χ4n) is 2.72. The zero-order valence-corrected chi connectivity index (χ0v) is 12.3. The van der Waals surface area contributed by atoms with Gasteiger partial charge >= 0.3 is 0 Å². The maximum absolute atomic E-state index is 6.19. The number of methoxy groups -OCH3 is 1. The molecule has 0 bridgehead atoms. The first-order valence-corrected chi connectivity index (χ1v) is 7.24. The molecule has 1 aliphatic heterocycles. The lowest BCUT2D eigenvalue weighted by Gasteiger charge is -2.22. The summed E-state index contributed by atoms with van der Waals surface area (Å²) in [6.07, 6.45) is 2.38. The predicted molar refractivity (Wildman–Crippen MR) is 80.7 cm³/mol. The van der Waals surface area contributed by atoms with E-state index in [2.05, 4.69) is 36.9 Å². The second kappa shape index (κ2) is 6.29. The smallest absolute Gasteiger partial charge is 0.120 e. The van der Waals surface area contributed by atoms with Crippen LogP contribution in [0.15, 0.2) is 24.3 Å². The number of anilines is 1. The molecule has 0 aromatic heterocycles. The van der Waals surface area contributed by atoms with Crippen LogP contribution in [0.4, 0.5) is 5.69 Å². The number of rotatable bonds is 5. The van der Waals surface area contributed by atoms with Crippen molar-refractivity contribution in [3.63, 3.8) is 0 Å². The van der Waals surface area contributed by atoms with E-state index in [4.69, 9.17) is 10.5 Å². The summed E-state index contributed by atoms with van der Waals surface area (Å²) in [5.74, 6) is 2.23. The van der Waals surface area contributed by atoms with Crippen LogP contribution in [0.2, 0.25) is 0 Å². The number of hydrogen-bond donors (Lipinski definition) is 1. The monoisotopic (exact) mass is 262 g/mol. The van der Waals surface area contributed by atoms with Gasteiger partial charge in [0.25, 0.3) is 0 Å². The van der Waals surface area contributed by atoms with Gasteiger partial charge in [-0.05, 0) is 36.8 Å². The molecule has 1 heterocycles. The van der Waals surface area contributed by atoms with E-state index in [9.17, 15) is 0 Å². The van der Waals surface area contributed by atoms with E-state index in [0.29, 0.717) is 12.0 Å². The first kappa shape index (κ1) is 14.2. The minimum Gasteiger partial charge on any atom is -0.497 e. The van der Waals surface area contributed by atoms with Crippen molar-refractivity contribution in [3.8, 4) is 5.75 Å². The van der Waals surface area contributed by atoms with E-state index < -0.39 is 0 Å². The molecule has 106 valence electrons. The van der Waals surface area contributed by atoms with Crippen molar-refractivity contribution in [2.75, 3.05) is 25.1 Å². The zero-order valence-electron chi connectivity index (χ0n) is 12.3. The van der Waals surface area contributed by atoms with Crippen molar-refractivity contribution in [3.05, 3.63) is 24.3 Å². The summed E-state index contributed by atoms with van der Waals surface area (Å²) in [4.78, 5) is 2.44. The van der Waals surface area contributed by atoms with E-state index in [1.54, 1.807) is 7.11 Å². The van der Waals surface area contributed by atoms with Crippen LogP contribution in [0, 0.1) is 11.8 Å². The molecule has 2 unspecified atom stereocenters. The third kappa shape index (κ3) is 3.63. The lowest BCUT2D eigenvalue weighted by molar-refractivity contribution is 0.391. The second-order valence-electron chi connectivity index (χ2n) is 5.95. The molecule has 19 heavy (non-hydrogen) atoms. The molecule has 2 N–H and O–H groups in total. The molecule has 2 rings (SSSR count). The molecule has 0 aliphatic carbocycles. The summed E-state index contributed by atoms with van der Waals surface area (Å²) in [5.41, 5.74) is 7.45. The Morgan fingerprint density at radius 3 is 2.89 bits per heavy atom. The molecular formula is C16H26N2O. The van der Waals surface area contributed by atoms with Crippen LogP contribution in [0.25, 0.3) is 0 Å². The standard InChI is InChI=1S/C16H26N2O/c1-12(2)16(17)9-13-7-8-18(11-13)14-5-4-6-15(10-14)19-3/h4-6,10,12-13,16H,7-9,11,17H2,1-3H3. The Labute approximate surface area is 116 Å². The van der Waals surface area contributed by atoms with E-state index in [1.165, 1.54) is 12.1 Å². The summed E-state index contributed by atoms with van der Waals surface area (Å²) in [6, 6.07) is 8.65. The number of ether oxygens (including phenoxy) is 1. The van der Waals surface area contributed by atoms with Crippen molar-refractivity contribution in [1.29, 1.82) is 0 Å². The summed E-state index contributed by atoms with van der Waals surface area (Å²) in [6.45, 7) is 6.66. The average Bonchev–Trinajstić information content (AvgIpc) is 2.87. The van der Waals surface area contributed by atoms with Gasteiger partial charge in [0, 0.05) is 30.9 Å². The fourth-order valence-corrected chi connectivity index (χ4v) is 2.72. The molecule has 0 saturated carbocycles. The Morgan fingerprint density at radius 2 is 2.21 bits per heavy atom. The Balaban J connectivity index is 1.94. The van der Waals surface area contributed by atoms with Crippen LogP contribution < -0.4 is 15.4 Å². The van der Waals surface area contributed by atoms with Gasteiger partial charge in [0.2, 0.25) is 0 Å². The molecule has 3 heteroatoms. The van der Waals surface area contributed by atoms with Gasteiger partial charge in [-0.25, -0.2) is 0 Å². The SMILES string of the molecule is COc1cccc(N2CCC(CC(N)C(C)C)C2)c1. The highest BCUT2D eigenvalue weighted by Gasteiger charge is 2.25. The highest BCUT2D eigenvalue weighted by Crippen LogP contribution is 2.29. The van der Waals surface area contributed by atoms with E-state index in [0.717, 1.165) is 31.2 Å². The molecule has 0 amide bonds. The molecule has 0 spiro atoms. The third-order valence-electron chi connectivity index (χ3n) is 4.17. The van der Waals surface area contributed by atoms with Gasteiger partial charge in [-0.15, -0.1) is 0 Å². The third-order valence-corrected chi connectivity index (χ3v) is 4.17. The van der Waals surface area contributed by atoms with Gasteiger partial charge in [-0.1, -0.05) is 19.9 Å². The molecule has 1 aromatic rings. The van der Waals surface area contributed by atoms with Crippen molar-refractivity contribution in [2.45, 2.75) is 32.7 Å². The molecule has 2 atom stereocenters. The highest BCUT2D eigenvalue weighted by molar-refractivity contribution is 5.51. The van der Waals surface area contributed by atoms with Gasteiger partial charge in [-0.3, -0.25) is 0 Å². The van der Waals surface area contributed by atoms with Crippen molar-refractivity contribution in [1.82, 2.24) is 0 Å². The topological polar surface area (TPSA) is 38.5 Å². The highest BCUT2D eigenvalue weighted by atomic mass is 16.5. The minimum absolute atomic E-state index is 0.329. The van der Waals surface area contributed by atoms with Crippen molar-refractivity contribution >= 4 is 5.69 Å². The summed E-state index contributed by atoms with van der Waals surface area (Å²) in [5, 5.41) is 0. The molecule has 1 aliphatic rings. The second-order valence-corrected chi connectivity index (χ2v) is 5.95. The molecule has 0 radical (unpaired) electrons. The molecule has 3 nitrogen and oxygen atoms in total. The minimum atomic E-state index is 0.329. The average molecular weight is 262 g/mol. The predicted octanol–water partition coefficient (Wildman–Crippen LogP) is 2.89. The van der Waals surface area contributed by atoms with Crippen LogP contribution in [-0.2, 0) is 0 Å². The summed E-state index contributed by atoms with van der Waals surface area (Å²) < 4.78 is 5.29. The van der Waals surface area contributed by atoms with Gasteiger partial charge in [0.1, 0.15) is 5.75 Å². The quantitative estimate of drug-likeness (QED) is 0.886. The van der Waals surface area contributed by atoms with Crippen LogP contribution in [0.1, 0.15) is 26.7 Å². The number of hydrogen-bond acceptors (Lipinski definition) is 3. The number of benzene rings is 1. The number of nitrogens with two attached hydrogens (primary N) is 1. The maximum Gasteiger partial charge on any atom is 0.120 e. The lowest BCUT2D eigenvalue weighted by Crippen LogP contribution is -2.30. The molecule has 1 aromatic carbocycles. The van der Waals surface area contributed by atoms with Gasteiger partial charge in [-0.2, -0.15) is 0 Å². The zero-order chi connectivity index (χ0) is 13.8. The molecule has 1 saturated heterocycles. The van der Waals surface area contributed by atoms with Crippen LogP contribution in [0.5, 0.6) is 5.75 Å².